The van der Waals surface area contributed by atoms with Gasteiger partial charge in [0.1, 0.15) is 0 Å². The van der Waals surface area contributed by atoms with Crippen molar-refractivity contribution in [2.24, 2.45) is 0 Å². The molecule has 0 saturated carbocycles. The molecular formula is C42H25N5S. The fraction of sp³-hybridized carbons (Fsp3) is 0. The molecule has 10 aromatic rings. The molecule has 0 N–H and O–H groups in total. The van der Waals surface area contributed by atoms with Crippen LogP contribution < -0.4 is 0 Å². The Kier molecular flexibility index (Phi) is 5.98. The van der Waals surface area contributed by atoms with E-state index in [0.717, 1.165) is 44.8 Å². The summed E-state index contributed by atoms with van der Waals surface area (Å²) in [6.45, 7) is 0. The number of hydrogen-bond donors (Lipinski definition) is 0. The monoisotopic (exact) mass is 631 g/mol. The zero-order chi connectivity index (χ0) is 31.6. The minimum Gasteiger partial charge on any atom is -0.307 e. The molecule has 0 aliphatic heterocycles. The van der Waals surface area contributed by atoms with E-state index >= 15 is 0 Å². The zero-order valence-electron chi connectivity index (χ0n) is 25.6. The highest BCUT2D eigenvalue weighted by Crippen LogP contribution is 2.42. The maximum absolute atomic E-state index is 5.15. The summed E-state index contributed by atoms with van der Waals surface area (Å²) in [5.41, 5.74) is 8.93. The first kappa shape index (κ1) is 26.9. The van der Waals surface area contributed by atoms with Gasteiger partial charge in [0.05, 0.1) is 34.3 Å². The number of aromatic nitrogens is 5. The fourth-order valence-corrected chi connectivity index (χ4v) is 8.14. The van der Waals surface area contributed by atoms with Crippen molar-refractivity contribution in [2.45, 2.75) is 0 Å². The topological polar surface area (TPSA) is 56.5 Å². The van der Waals surface area contributed by atoms with Gasteiger partial charge in [0.25, 0.3) is 0 Å². The van der Waals surface area contributed by atoms with Crippen LogP contribution >= 0.6 is 11.3 Å². The smallest absolute Gasteiger partial charge is 0.0731 e. The second-order valence-electron chi connectivity index (χ2n) is 12.0. The lowest BCUT2D eigenvalue weighted by atomic mass is 10.0. The predicted octanol–water partition coefficient (Wildman–Crippen LogP) is 10.9. The van der Waals surface area contributed by atoms with Gasteiger partial charge >= 0.3 is 0 Å². The Morgan fingerprint density at radius 3 is 2.04 bits per heavy atom. The first-order valence-corrected chi connectivity index (χ1v) is 16.7. The Morgan fingerprint density at radius 2 is 1.21 bits per heavy atom. The summed E-state index contributed by atoms with van der Waals surface area (Å²) in [5.74, 6) is 0. The molecular weight excluding hydrogens is 607 g/mol. The molecule has 48 heavy (non-hydrogen) atoms. The highest BCUT2D eigenvalue weighted by molar-refractivity contribution is 7.25. The normalized spacial score (nSPS) is 11.8. The SMILES string of the molecule is c1cncc(-c2cc(-c3cccnc3)nc(-c3cncc(-n4c5ccccc5c5ccc6cc7sc8ccccc8c7cc6c54)c3)c2)c1. The fourth-order valence-electron chi connectivity index (χ4n) is 7.00. The number of nitrogens with zero attached hydrogens (tertiary/aromatic N) is 5. The minimum atomic E-state index is 0.835. The summed E-state index contributed by atoms with van der Waals surface area (Å²) >= 11 is 1.85. The number of fused-ring (bicyclic) bond motifs is 8. The molecule has 6 heterocycles. The molecule has 224 valence electrons. The van der Waals surface area contributed by atoms with Crippen molar-refractivity contribution in [3.63, 3.8) is 0 Å². The third-order valence-corrected chi connectivity index (χ3v) is 10.3. The van der Waals surface area contributed by atoms with Crippen LogP contribution in [0.4, 0.5) is 0 Å². The maximum Gasteiger partial charge on any atom is 0.0731 e. The first-order chi connectivity index (χ1) is 23.8. The third-order valence-electron chi connectivity index (χ3n) is 9.20. The largest absolute Gasteiger partial charge is 0.307 e. The Balaban J connectivity index is 1.23. The van der Waals surface area contributed by atoms with Crippen LogP contribution in [-0.2, 0) is 0 Å². The van der Waals surface area contributed by atoms with Crippen molar-refractivity contribution in [3.8, 4) is 39.3 Å². The summed E-state index contributed by atoms with van der Waals surface area (Å²) in [5, 5.41) is 7.47. The highest BCUT2D eigenvalue weighted by atomic mass is 32.1. The molecule has 0 fully saturated rings. The van der Waals surface area contributed by atoms with E-state index in [1.165, 1.54) is 47.2 Å². The standard InChI is InChI=1S/C42H25N5S/c1-3-11-39-32(9-1)34-14-13-26-20-41-36(33-10-2-4-12-40(33)48-41)21-35(26)42(34)47(39)31-17-30(24-45-25-31)38-19-29(27-7-5-15-43-22-27)18-37(46-38)28-8-6-16-44-23-28/h1-25H. The van der Waals surface area contributed by atoms with E-state index in [-0.39, 0.29) is 0 Å². The molecule has 0 spiro atoms. The van der Waals surface area contributed by atoms with Crippen LogP contribution in [0.3, 0.4) is 0 Å². The van der Waals surface area contributed by atoms with Gasteiger partial charge < -0.3 is 4.57 Å². The Morgan fingerprint density at radius 1 is 0.458 bits per heavy atom. The van der Waals surface area contributed by atoms with Crippen LogP contribution in [0.15, 0.2) is 152 Å². The van der Waals surface area contributed by atoms with Gasteiger partial charge in [-0.2, -0.15) is 0 Å². The van der Waals surface area contributed by atoms with Crippen LogP contribution in [0.25, 0.3) is 92.1 Å². The Labute approximate surface area is 279 Å². The van der Waals surface area contributed by atoms with Gasteiger partial charge in [-0.3, -0.25) is 15.0 Å². The zero-order valence-corrected chi connectivity index (χ0v) is 26.4. The van der Waals surface area contributed by atoms with Crippen LogP contribution in [-0.4, -0.2) is 24.5 Å². The van der Waals surface area contributed by atoms with E-state index < -0.39 is 0 Å². The Hall–Kier alpha value is -6.24. The van der Waals surface area contributed by atoms with E-state index in [1.54, 1.807) is 12.4 Å². The molecule has 4 aromatic carbocycles. The van der Waals surface area contributed by atoms with Crippen molar-refractivity contribution < 1.29 is 0 Å². The lowest BCUT2D eigenvalue weighted by Crippen LogP contribution is -1.97. The van der Waals surface area contributed by atoms with Crippen LogP contribution in [0.1, 0.15) is 0 Å². The average Bonchev–Trinajstić information content (AvgIpc) is 3.70. The maximum atomic E-state index is 5.15. The van der Waals surface area contributed by atoms with Crippen LogP contribution in [0.2, 0.25) is 0 Å². The van der Waals surface area contributed by atoms with E-state index in [2.05, 4.69) is 112 Å². The molecule has 6 aromatic heterocycles. The van der Waals surface area contributed by atoms with Gasteiger partial charge in [-0.1, -0.05) is 54.6 Å². The summed E-state index contributed by atoms with van der Waals surface area (Å²) in [4.78, 5) is 18.7. The predicted molar refractivity (Wildman–Crippen MR) is 199 cm³/mol. The van der Waals surface area contributed by atoms with Crippen LogP contribution in [0.5, 0.6) is 0 Å². The lowest BCUT2D eigenvalue weighted by molar-refractivity contribution is 1.14. The van der Waals surface area contributed by atoms with Gasteiger partial charge in [-0.25, -0.2) is 4.98 Å². The molecule has 6 heteroatoms. The quantitative estimate of drug-likeness (QED) is 0.194. The third kappa shape index (κ3) is 4.24. The minimum absolute atomic E-state index is 0.835. The molecule has 10 rings (SSSR count). The number of hydrogen-bond acceptors (Lipinski definition) is 5. The van der Waals surface area contributed by atoms with Crippen molar-refractivity contribution >= 4 is 64.1 Å². The highest BCUT2D eigenvalue weighted by Gasteiger charge is 2.18. The number of pyridine rings is 4. The number of benzene rings is 4. The summed E-state index contributed by atoms with van der Waals surface area (Å²) in [7, 11) is 0. The van der Waals surface area contributed by atoms with Gasteiger partial charge in [-0.05, 0) is 71.6 Å². The van der Waals surface area contributed by atoms with Crippen LogP contribution in [0, 0.1) is 0 Å². The average molecular weight is 632 g/mol. The summed E-state index contributed by atoms with van der Waals surface area (Å²) in [6.07, 6.45) is 11.2. The first-order valence-electron chi connectivity index (χ1n) is 15.8. The molecule has 0 aliphatic rings. The second-order valence-corrected chi connectivity index (χ2v) is 13.1. The van der Waals surface area contributed by atoms with Gasteiger partial charge in [-0.15, -0.1) is 11.3 Å². The molecule has 5 nitrogen and oxygen atoms in total. The van der Waals surface area contributed by atoms with Crippen molar-refractivity contribution in [1.82, 2.24) is 24.5 Å². The molecule has 0 aliphatic carbocycles. The second kappa shape index (κ2) is 10.7. The number of para-hydroxylation sites is 1. The van der Waals surface area contributed by atoms with Gasteiger partial charge in [0.15, 0.2) is 0 Å². The molecule has 0 bridgehead atoms. The molecule has 0 atom stereocenters. The van der Waals surface area contributed by atoms with Gasteiger partial charge in [0, 0.05) is 84.0 Å². The number of thiophene rings is 1. The molecule has 0 amide bonds. The number of rotatable bonds is 4. The van der Waals surface area contributed by atoms with Crippen molar-refractivity contribution in [3.05, 3.63) is 152 Å². The van der Waals surface area contributed by atoms with E-state index in [4.69, 9.17) is 9.97 Å². The lowest BCUT2D eigenvalue weighted by Gasteiger charge is -2.13. The van der Waals surface area contributed by atoms with E-state index in [0.29, 0.717) is 0 Å². The van der Waals surface area contributed by atoms with Gasteiger partial charge in [0.2, 0.25) is 0 Å². The molecule has 0 unspecified atom stereocenters. The molecule has 0 radical (unpaired) electrons. The molecule has 0 saturated heterocycles. The summed E-state index contributed by atoms with van der Waals surface area (Å²) < 4.78 is 4.98. The van der Waals surface area contributed by atoms with Crippen molar-refractivity contribution in [2.75, 3.05) is 0 Å². The van der Waals surface area contributed by atoms with E-state index in [1.807, 2.05) is 54.3 Å². The summed E-state index contributed by atoms with van der Waals surface area (Å²) in [6, 6.07) is 41.1. The van der Waals surface area contributed by atoms with E-state index in [9.17, 15) is 0 Å². The van der Waals surface area contributed by atoms with Crippen molar-refractivity contribution in [1.29, 1.82) is 0 Å². The Bertz CT molecular complexity index is 2780.